The smallest absolute Gasteiger partial charge is 0.407 e. The summed E-state index contributed by atoms with van der Waals surface area (Å²) in [5.41, 5.74) is 0.562. The van der Waals surface area contributed by atoms with Gasteiger partial charge in [0.25, 0.3) is 0 Å². The molecule has 3 amide bonds. The monoisotopic (exact) mass is 377 g/mol. The summed E-state index contributed by atoms with van der Waals surface area (Å²) in [5, 5.41) is 16.5. The van der Waals surface area contributed by atoms with Crippen molar-refractivity contribution in [3.8, 4) is 11.4 Å². The Morgan fingerprint density at radius 3 is 2.70 bits per heavy atom. The van der Waals surface area contributed by atoms with Crippen LogP contribution in [-0.4, -0.2) is 63.5 Å². The number of benzene rings is 1. The normalized spacial score (nSPS) is 14.0. The molecular formula is C16H20FN7O3. The molecule has 11 heteroatoms. The zero-order chi connectivity index (χ0) is 19.6. The summed E-state index contributed by atoms with van der Waals surface area (Å²) in [7, 11) is 1.27. The summed E-state index contributed by atoms with van der Waals surface area (Å²) in [6.45, 7) is 4.48. The fourth-order valence-electron chi connectivity index (χ4n) is 2.66. The van der Waals surface area contributed by atoms with Crippen LogP contribution in [0.25, 0.3) is 11.4 Å². The fourth-order valence-corrected chi connectivity index (χ4v) is 2.66. The summed E-state index contributed by atoms with van der Waals surface area (Å²) >= 11 is 0. The van der Waals surface area contributed by atoms with Crippen molar-refractivity contribution in [2.24, 2.45) is 0 Å². The second-order valence-corrected chi connectivity index (χ2v) is 6.40. The van der Waals surface area contributed by atoms with Gasteiger partial charge in [-0.15, -0.1) is 5.10 Å². The molecule has 2 N–H and O–H groups in total. The van der Waals surface area contributed by atoms with Crippen LogP contribution in [0, 0.1) is 5.82 Å². The van der Waals surface area contributed by atoms with Crippen LogP contribution in [0.2, 0.25) is 0 Å². The first-order chi connectivity index (χ1) is 12.9. The molecule has 0 saturated carbocycles. The number of anilines is 1. The Balaban J connectivity index is 1.62. The molecule has 3 rings (SSSR count). The van der Waals surface area contributed by atoms with E-state index in [1.165, 1.54) is 28.8 Å². The predicted molar refractivity (Wildman–Crippen MR) is 93.5 cm³/mol. The van der Waals surface area contributed by atoms with Gasteiger partial charge in [0.05, 0.1) is 24.8 Å². The lowest BCUT2D eigenvalue weighted by atomic mass is 10.1. The molecule has 0 aliphatic carbocycles. The highest BCUT2D eigenvalue weighted by molar-refractivity contribution is 5.90. The number of hydrogen-bond acceptors (Lipinski definition) is 6. The zero-order valence-corrected chi connectivity index (χ0v) is 15.1. The van der Waals surface area contributed by atoms with Crippen molar-refractivity contribution < 1.29 is 18.7 Å². The third-order valence-corrected chi connectivity index (χ3v) is 4.12. The number of aromatic nitrogens is 4. The second-order valence-electron chi connectivity index (χ2n) is 6.40. The lowest BCUT2D eigenvalue weighted by Gasteiger charge is -2.38. The van der Waals surface area contributed by atoms with E-state index < -0.39 is 11.9 Å². The zero-order valence-electron chi connectivity index (χ0n) is 15.1. The molecule has 10 nitrogen and oxygen atoms in total. The maximum atomic E-state index is 14.5. The van der Waals surface area contributed by atoms with Crippen LogP contribution in [0.3, 0.4) is 0 Å². The van der Waals surface area contributed by atoms with Crippen molar-refractivity contribution in [1.82, 2.24) is 30.4 Å². The van der Waals surface area contributed by atoms with E-state index in [4.69, 9.17) is 0 Å². The van der Waals surface area contributed by atoms with E-state index >= 15 is 0 Å². The Labute approximate surface area is 154 Å². The van der Waals surface area contributed by atoms with E-state index in [-0.39, 0.29) is 23.7 Å². The summed E-state index contributed by atoms with van der Waals surface area (Å²) < 4.78 is 20.5. The lowest BCUT2D eigenvalue weighted by Crippen LogP contribution is -2.61. The quantitative estimate of drug-likeness (QED) is 0.837. The second kappa shape index (κ2) is 7.56. The molecule has 0 bridgehead atoms. The summed E-state index contributed by atoms with van der Waals surface area (Å²) in [6, 6.07) is 3.77. The highest BCUT2D eigenvalue weighted by Gasteiger charge is 2.32. The maximum absolute atomic E-state index is 14.5. The van der Waals surface area contributed by atoms with Crippen LogP contribution in [0.4, 0.5) is 19.7 Å². The van der Waals surface area contributed by atoms with Gasteiger partial charge in [-0.3, -0.25) is 0 Å². The van der Waals surface area contributed by atoms with Gasteiger partial charge in [-0.2, -0.15) is 0 Å². The topological polar surface area (TPSA) is 114 Å². The number of nitrogens with one attached hydrogen (secondary N) is 2. The number of carbonyl (C=O) groups excluding carboxylic acids is 2. The van der Waals surface area contributed by atoms with Crippen molar-refractivity contribution in [2.45, 2.75) is 25.9 Å². The minimum Gasteiger partial charge on any atom is -0.453 e. The van der Waals surface area contributed by atoms with E-state index in [1.54, 1.807) is 6.07 Å². The van der Waals surface area contributed by atoms with Gasteiger partial charge >= 0.3 is 12.1 Å². The largest absolute Gasteiger partial charge is 0.453 e. The Morgan fingerprint density at radius 2 is 2.07 bits per heavy atom. The van der Waals surface area contributed by atoms with Crippen molar-refractivity contribution >= 4 is 17.8 Å². The van der Waals surface area contributed by atoms with Crippen LogP contribution < -0.4 is 10.6 Å². The highest BCUT2D eigenvalue weighted by Crippen LogP contribution is 2.25. The first kappa shape index (κ1) is 18.5. The lowest BCUT2D eigenvalue weighted by molar-refractivity contribution is 0.128. The van der Waals surface area contributed by atoms with Crippen molar-refractivity contribution in [2.75, 3.05) is 25.5 Å². The number of amides is 3. The molecule has 2 aromatic rings. The number of carbonyl (C=O) groups is 2. The minimum absolute atomic E-state index is 0.0215. The predicted octanol–water partition coefficient (Wildman–Crippen LogP) is 1.63. The van der Waals surface area contributed by atoms with Gasteiger partial charge in [0.1, 0.15) is 5.82 Å². The molecule has 1 fully saturated rings. The third-order valence-electron chi connectivity index (χ3n) is 4.12. The summed E-state index contributed by atoms with van der Waals surface area (Å²) in [5.74, 6) is -0.224. The van der Waals surface area contributed by atoms with Gasteiger partial charge in [-0.05, 0) is 42.5 Å². The summed E-state index contributed by atoms with van der Waals surface area (Å²) in [4.78, 5) is 24.8. The molecule has 1 aliphatic rings. The molecule has 144 valence electrons. The van der Waals surface area contributed by atoms with E-state index in [2.05, 4.69) is 30.9 Å². The summed E-state index contributed by atoms with van der Waals surface area (Å²) in [6.07, 6.45) is -0.540. The number of urea groups is 1. The molecule has 1 aromatic carbocycles. The Hall–Kier alpha value is -3.24. The van der Waals surface area contributed by atoms with Gasteiger partial charge in [0.15, 0.2) is 5.82 Å². The Kier molecular flexibility index (Phi) is 5.19. The minimum atomic E-state index is -0.543. The molecule has 0 atom stereocenters. The molecule has 1 aromatic heterocycles. The number of likely N-dealkylation sites (tertiary alicyclic amines) is 1. The molecule has 27 heavy (non-hydrogen) atoms. The number of hydrogen-bond donors (Lipinski definition) is 2. The van der Waals surface area contributed by atoms with Crippen LogP contribution in [0.15, 0.2) is 18.2 Å². The van der Waals surface area contributed by atoms with Gasteiger partial charge in [-0.25, -0.2) is 18.7 Å². The van der Waals surface area contributed by atoms with Crippen molar-refractivity contribution in [3.05, 3.63) is 24.0 Å². The van der Waals surface area contributed by atoms with Gasteiger partial charge < -0.3 is 20.3 Å². The Morgan fingerprint density at radius 1 is 1.33 bits per heavy atom. The fraction of sp³-hybridized carbons (Fsp3) is 0.438. The first-order valence-corrected chi connectivity index (χ1v) is 8.37. The van der Waals surface area contributed by atoms with Gasteiger partial charge in [0.2, 0.25) is 0 Å². The number of alkyl carbamates (subject to hydrolysis) is 1. The van der Waals surface area contributed by atoms with Gasteiger partial charge in [-0.1, -0.05) is 0 Å². The van der Waals surface area contributed by atoms with Crippen molar-refractivity contribution in [3.63, 3.8) is 0 Å². The number of halogens is 1. The average Bonchev–Trinajstić information content (AvgIpc) is 3.07. The average molecular weight is 377 g/mol. The SMILES string of the molecule is COC(=O)NC1CN(C(=O)Nc2ccc(-c3nnnn3C(C)C)c(F)c2)C1. The molecule has 0 unspecified atom stereocenters. The van der Waals surface area contributed by atoms with E-state index in [0.29, 0.717) is 24.6 Å². The molecule has 0 radical (unpaired) electrons. The third kappa shape index (κ3) is 3.96. The van der Waals surface area contributed by atoms with Gasteiger partial charge in [0, 0.05) is 18.8 Å². The maximum Gasteiger partial charge on any atom is 0.407 e. The van der Waals surface area contributed by atoms with Crippen LogP contribution in [-0.2, 0) is 4.74 Å². The van der Waals surface area contributed by atoms with Crippen LogP contribution in [0.5, 0.6) is 0 Å². The number of rotatable bonds is 4. The van der Waals surface area contributed by atoms with Crippen LogP contribution in [0.1, 0.15) is 19.9 Å². The van der Waals surface area contributed by atoms with E-state index in [9.17, 15) is 14.0 Å². The number of tetrazole rings is 1. The standard InChI is InChI=1S/C16H20FN7O3/c1-9(2)24-14(20-21-22-24)12-5-4-10(6-13(12)17)18-15(25)23-7-11(8-23)19-16(26)27-3/h4-6,9,11H,7-8H2,1-3H3,(H,18,25)(H,19,26). The van der Waals surface area contributed by atoms with E-state index in [1.807, 2.05) is 13.8 Å². The number of methoxy groups -OCH3 is 1. The first-order valence-electron chi connectivity index (χ1n) is 8.37. The Bertz CT molecular complexity index is 848. The molecule has 2 heterocycles. The molecule has 0 spiro atoms. The van der Waals surface area contributed by atoms with Crippen molar-refractivity contribution in [1.29, 1.82) is 0 Å². The number of ether oxygens (including phenoxy) is 1. The highest BCUT2D eigenvalue weighted by atomic mass is 19.1. The molecular weight excluding hydrogens is 357 g/mol. The molecule has 1 saturated heterocycles. The number of nitrogens with zero attached hydrogens (tertiary/aromatic N) is 5. The van der Waals surface area contributed by atoms with E-state index in [0.717, 1.165) is 0 Å². The van der Waals surface area contributed by atoms with Crippen LogP contribution >= 0.6 is 0 Å². The molecule has 1 aliphatic heterocycles.